The summed E-state index contributed by atoms with van der Waals surface area (Å²) in [7, 11) is 0. The minimum Gasteiger partial charge on any atom is -0.395 e. The molecular formula is C11H25NO2. The Hall–Kier alpha value is -0.120. The Labute approximate surface area is 87.5 Å². The quantitative estimate of drug-likeness (QED) is 0.581. The first-order valence-corrected chi connectivity index (χ1v) is 5.42. The summed E-state index contributed by atoms with van der Waals surface area (Å²) in [5.74, 6) is 0.585. The lowest BCUT2D eigenvalue weighted by atomic mass is 10.0. The molecule has 0 spiro atoms. The van der Waals surface area contributed by atoms with Crippen molar-refractivity contribution in [2.45, 2.75) is 52.2 Å². The highest BCUT2D eigenvalue weighted by atomic mass is 16.3. The molecule has 0 amide bonds. The second-order valence-corrected chi connectivity index (χ2v) is 5.03. The van der Waals surface area contributed by atoms with Crippen LogP contribution in [0.15, 0.2) is 0 Å². The number of nitrogens with one attached hydrogen (secondary N) is 1. The van der Waals surface area contributed by atoms with Crippen LogP contribution in [0.4, 0.5) is 0 Å². The van der Waals surface area contributed by atoms with E-state index >= 15 is 0 Å². The minimum absolute atomic E-state index is 0.164. The molecule has 14 heavy (non-hydrogen) atoms. The van der Waals surface area contributed by atoms with E-state index in [9.17, 15) is 5.11 Å². The molecule has 0 saturated heterocycles. The Morgan fingerprint density at radius 3 is 2.21 bits per heavy atom. The summed E-state index contributed by atoms with van der Waals surface area (Å²) in [4.78, 5) is 0. The maximum Gasteiger partial charge on any atom is 0.0603 e. The fraction of sp³-hybridized carbons (Fsp3) is 1.00. The van der Waals surface area contributed by atoms with Crippen molar-refractivity contribution in [1.82, 2.24) is 5.32 Å². The van der Waals surface area contributed by atoms with Gasteiger partial charge in [-0.25, -0.2) is 0 Å². The third-order valence-corrected chi connectivity index (χ3v) is 2.15. The highest BCUT2D eigenvalue weighted by Crippen LogP contribution is 2.07. The van der Waals surface area contributed by atoms with Crippen molar-refractivity contribution in [1.29, 1.82) is 0 Å². The molecule has 0 saturated carbocycles. The highest BCUT2D eigenvalue weighted by Gasteiger charge is 2.14. The molecular weight excluding hydrogens is 178 g/mol. The number of hydrogen-bond acceptors (Lipinski definition) is 3. The zero-order valence-corrected chi connectivity index (χ0v) is 9.88. The first-order chi connectivity index (χ1) is 6.35. The fourth-order valence-electron chi connectivity index (χ4n) is 1.37. The monoisotopic (exact) mass is 203 g/mol. The van der Waals surface area contributed by atoms with Crippen molar-refractivity contribution in [2.24, 2.45) is 5.92 Å². The number of rotatable bonds is 7. The molecule has 0 aliphatic carbocycles. The molecule has 3 N–H and O–H groups in total. The number of hydrogen-bond donors (Lipinski definition) is 3. The predicted molar refractivity (Wildman–Crippen MR) is 59.2 cm³/mol. The Morgan fingerprint density at radius 1 is 1.29 bits per heavy atom. The molecule has 3 heteroatoms. The lowest BCUT2D eigenvalue weighted by Crippen LogP contribution is -2.37. The van der Waals surface area contributed by atoms with E-state index in [0.29, 0.717) is 12.3 Å². The third-order valence-electron chi connectivity index (χ3n) is 2.15. The van der Waals surface area contributed by atoms with Crippen molar-refractivity contribution < 1.29 is 10.2 Å². The molecule has 0 aliphatic heterocycles. The van der Waals surface area contributed by atoms with Crippen LogP contribution < -0.4 is 5.32 Å². The van der Waals surface area contributed by atoms with Gasteiger partial charge in [0, 0.05) is 6.04 Å². The average Bonchev–Trinajstić information content (AvgIpc) is 1.99. The summed E-state index contributed by atoms with van der Waals surface area (Å²) in [5.41, 5.74) is -0.620. The molecule has 1 atom stereocenters. The lowest BCUT2D eigenvalue weighted by molar-refractivity contribution is 0.0690. The first-order valence-electron chi connectivity index (χ1n) is 5.42. The third kappa shape index (κ3) is 8.48. The maximum absolute atomic E-state index is 9.48. The highest BCUT2D eigenvalue weighted by molar-refractivity contribution is 4.71. The molecule has 0 aromatic carbocycles. The van der Waals surface area contributed by atoms with Crippen molar-refractivity contribution >= 4 is 0 Å². The fourth-order valence-corrected chi connectivity index (χ4v) is 1.37. The predicted octanol–water partition coefficient (Wildman–Crippen LogP) is 1.14. The van der Waals surface area contributed by atoms with Gasteiger partial charge in [0.25, 0.3) is 0 Å². The summed E-state index contributed by atoms with van der Waals surface area (Å²) in [6.45, 7) is 8.79. The Morgan fingerprint density at radius 2 is 1.86 bits per heavy atom. The summed E-state index contributed by atoms with van der Waals surface area (Å²) < 4.78 is 0. The van der Waals surface area contributed by atoms with Crippen LogP contribution >= 0.6 is 0 Å². The lowest BCUT2D eigenvalue weighted by Gasteiger charge is -2.22. The van der Waals surface area contributed by atoms with Crippen LogP contribution in [-0.2, 0) is 0 Å². The average molecular weight is 203 g/mol. The Bertz CT molecular complexity index is 141. The molecule has 0 heterocycles. The van der Waals surface area contributed by atoms with E-state index in [1.165, 1.54) is 0 Å². The van der Waals surface area contributed by atoms with Gasteiger partial charge in [-0.2, -0.15) is 0 Å². The SMILES string of the molecule is CC(C)CC(CO)NCCC(C)(C)O. The van der Waals surface area contributed by atoms with E-state index in [4.69, 9.17) is 5.11 Å². The van der Waals surface area contributed by atoms with Crippen molar-refractivity contribution in [3.8, 4) is 0 Å². The van der Waals surface area contributed by atoms with Crippen LogP contribution in [0.25, 0.3) is 0 Å². The van der Waals surface area contributed by atoms with Gasteiger partial charge in [-0.15, -0.1) is 0 Å². The van der Waals surface area contributed by atoms with E-state index < -0.39 is 5.60 Å². The first kappa shape index (κ1) is 13.9. The van der Waals surface area contributed by atoms with Crippen molar-refractivity contribution in [3.63, 3.8) is 0 Å². The smallest absolute Gasteiger partial charge is 0.0603 e. The van der Waals surface area contributed by atoms with Crippen LogP contribution in [-0.4, -0.2) is 35.0 Å². The van der Waals surface area contributed by atoms with Gasteiger partial charge in [-0.1, -0.05) is 13.8 Å². The summed E-state index contributed by atoms with van der Waals surface area (Å²) >= 11 is 0. The standard InChI is InChI=1S/C11H25NO2/c1-9(2)7-10(8-13)12-6-5-11(3,4)14/h9-10,12-14H,5-8H2,1-4H3. The van der Waals surface area contributed by atoms with Gasteiger partial charge in [-0.3, -0.25) is 0 Å². The van der Waals surface area contributed by atoms with E-state index in [0.717, 1.165) is 13.0 Å². The molecule has 0 rings (SSSR count). The van der Waals surface area contributed by atoms with Gasteiger partial charge in [0.1, 0.15) is 0 Å². The van der Waals surface area contributed by atoms with Crippen LogP contribution in [0.3, 0.4) is 0 Å². The molecule has 0 radical (unpaired) electrons. The van der Waals surface area contributed by atoms with Crippen LogP contribution in [0.1, 0.15) is 40.5 Å². The second-order valence-electron chi connectivity index (χ2n) is 5.03. The summed E-state index contributed by atoms with van der Waals surface area (Å²) in [6, 6.07) is 0.164. The summed E-state index contributed by atoms with van der Waals surface area (Å²) in [5, 5.41) is 21.8. The molecule has 0 fully saturated rings. The second kappa shape index (κ2) is 6.38. The normalized spacial score (nSPS) is 14.8. The molecule has 3 nitrogen and oxygen atoms in total. The van der Waals surface area contributed by atoms with Gasteiger partial charge < -0.3 is 15.5 Å². The van der Waals surface area contributed by atoms with E-state index in [1.54, 1.807) is 13.8 Å². The van der Waals surface area contributed by atoms with Crippen LogP contribution in [0.2, 0.25) is 0 Å². The van der Waals surface area contributed by atoms with E-state index in [1.807, 2.05) is 0 Å². The van der Waals surface area contributed by atoms with Crippen molar-refractivity contribution in [3.05, 3.63) is 0 Å². The van der Waals surface area contributed by atoms with Gasteiger partial charge in [0.05, 0.1) is 12.2 Å². The molecule has 0 aliphatic rings. The largest absolute Gasteiger partial charge is 0.395 e. The van der Waals surface area contributed by atoms with Gasteiger partial charge in [-0.05, 0) is 39.2 Å². The molecule has 0 bridgehead atoms. The maximum atomic E-state index is 9.48. The van der Waals surface area contributed by atoms with Gasteiger partial charge >= 0.3 is 0 Å². The van der Waals surface area contributed by atoms with Gasteiger partial charge in [0.2, 0.25) is 0 Å². The molecule has 86 valence electrons. The summed E-state index contributed by atoms with van der Waals surface area (Å²) in [6.07, 6.45) is 1.68. The Kier molecular flexibility index (Phi) is 6.33. The minimum atomic E-state index is -0.620. The van der Waals surface area contributed by atoms with Crippen molar-refractivity contribution in [2.75, 3.05) is 13.2 Å². The van der Waals surface area contributed by atoms with Gasteiger partial charge in [0.15, 0.2) is 0 Å². The number of aliphatic hydroxyl groups is 2. The topological polar surface area (TPSA) is 52.5 Å². The zero-order valence-electron chi connectivity index (χ0n) is 9.88. The van der Waals surface area contributed by atoms with Crippen LogP contribution in [0, 0.1) is 5.92 Å². The molecule has 1 unspecified atom stereocenters. The van der Waals surface area contributed by atoms with E-state index in [2.05, 4.69) is 19.2 Å². The number of aliphatic hydroxyl groups excluding tert-OH is 1. The zero-order chi connectivity index (χ0) is 11.2. The molecule has 0 aromatic heterocycles. The Balaban J connectivity index is 3.63. The van der Waals surface area contributed by atoms with E-state index in [-0.39, 0.29) is 12.6 Å². The molecule has 0 aromatic rings. The van der Waals surface area contributed by atoms with Crippen LogP contribution in [0.5, 0.6) is 0 Å².